The Bertz CT molecular complexity index is 917. The Hall–Kier alpha value is -2.40. The summed E-state index contributed by atoms with van der Waals surface area (Å²) < 4.78 is 25.7. The number of sulfone groups is 1. The van der Waals surface area contributed by atoms with Gasteiger partial charge in [-0.2, -0.15) is 0 Å². The molecule has 0 aliphatic heterocycles. The van der Waals surface area contributed by atoms with Crippen molar-refractivity contribution in [3.05, 3.63) is 83.2 Å². The number of nitrogens with one attached hydrogen (secondary N) is 1. The fraction of sp³-hybridized carbons (Fsp3) is 0.211. The van der Waals surface area contributed by atoms with E-state index in [0.29, 0.717) is 6.42 Å². The second-order valence-corrected chi connectivity index (χ2v) is 8.06. The Morgan fingerprint density at radius 1 is 1.00 bits per heavy atom. The van der Waals surface area contributed by atoms with Gasteiger partial charge in [0.05, 0.1) is 10.9 Å². The molecule has 0 radical (unpaired) electrons. The smallest absolute Gasteiger partial charge is 0.226 e. The fourth-order valence-electron chi connectivity index (χ4n) is 2.63. The van der Waals surface area contributed by atoms with E-state index in [1.165, 1.54) is 0 Å². The summed E-state index contributed by atoms with van der Waals surface area (Å²) in [6, 6.07) is 19.1. The molecular weight excluding hydrogens is 320 g/mol. The van der Waals surface area contributed by atoms with Crippen LogP contribution in [-0.2, 0) is 16.3 Å². The fourth-order valence-corrected chi connectivity index (χ4v) is 4.02. The van der Waals surface area contributed by atoms with Gasteiger partial charge >= 0.3 is 0 Å². The average molecular weight is 340 g/mol. The van der Waals surface area contributed by atoms with Crippen molar-refractivity contribution in [2.45, 2.75) is 30.7 Å². The first-order valence-electron chi connectivity index (χ1n) is 7.86. The number of H-pyrrole nitrogens is 1. The number of aromatic nitrogens is 2. The molecule has 3 aromatic rings. The van der Waals surface area contributed by atoms with Gasteiger partial charge in [0.1, 0.15) is 0 Å². The zero-order chi connectivity index (χ0) is 17.2. The monoisotopic (exact) mass is 340 g/mol. The molecule has 0 aliphatic carbocycles. The molecule has 4 nitrogen and oxygen atoms in total. The van der Waals surface area contributed by atoms with Crippen molar-refractivity contribution < 1.29 is 8.42 Å². The molecule has 0 fully saturated rings. The predicted octanol–water partition coefficient (Wildman–Crippen LogP) is 3.84. The molecule has 5 heteroatoms. The number of nitrogens with zero attached hydrogens (tertiary/aromatic N) is 1. The van der Waals surface area contributed by atoms with Gasteiger partial charge in [0.15, 0.2) is 0 Å². The van der Waals surface area contributed by atoms with Gasteiger partial charge in [-0.25, -0.2) is 13.4 Å². The average Bonchev–Trinajstić information content (AvgIpc) is 2.97. The first-order valence-corrected chi connectivity index (χ1v) is 9.41. The molecule has 1 N–H and O–H groups in total. The van der Waals surface area contributed by atoms with E-state index in [4.69, 9.17) is 0 Å². The van der Waals surface area contributed by atoms with Crippen LogP contribution in [0.15, 0.2) is 65.8 Å². The van der Waals surface area contributed by atoms with E-state index >= 15 is 0 Å². The topological polar surface area (TPSA) is 62.8 Å². The van der Waals surface area contributed by atoms with Gasteiger partial charge in [0, 0.05) is 12.1 Å². The minimum absolute atomic E-state index is 0.0438. The van der Waals surface area contributed by atoms with E-state index in [2.05, 4.69) is 9.97 Å². The van der Waals surface area contributed by atoms with Crippen molar-refractivity contribution in [1.29, 1.82) is 0 Å². The third-order valence-corrected chi connectivity index (χ3v) is 6.12. The van der Waals surface area contributed by atoms with Crippen LogP contribution in [0.1, 0.15) is 34.7 Å². The summed E-state index contributed by atoms with van der Waals surface area (Å²) in [5, 5.41) is -0.601. The maximum atomic E-state index is 12.9. The molecule has 24 heavy (non-hydrogen) atoms. The molecule has 2 aromatic carbocycles. The highest BCUT2D eigenvalue weighted by atomic mass is 32.2. The Kier molecular flexibility index (Phi) is 4.53. The number of imidazole rings is 1. The molecule has 124 valence electrons. The number of rotatable bonds is 5. The van der Waals surface area contributed by atoms with Gasteiger partial charge in [0.25, 0.3) is 0 Å². The number of aryl methyl sites for hydroxylation is 1. The first kappa shape index (κ1) is 16.5. The zero-order valence-corrected chi connectivity index (χ0v) is 14.5. The van der Waals surface area contributed by atoms with E-state index in [1.807, 2.05) is 67.6 Å². The van der Waals surface area contributed by atoms with Crippen molar-refractivity contribution in [1.82, 2.24) is 9.97 Å². The molecule has 3 rings (SSSR count). The lowest BCUT2D eigenvalue weighted by molar-refractivity contribution is 0.578. The summed E-state index contributed by atoms with van der Waals surface area (Å²) in [7, 11) is -3.55. The Morgan fingerprint density at radius 2 is 1.58 bits per heavy atom. The maximum Gasteiger partial charge on any atom is 0.226 e. The van der Waals surface area contributed by atoms with Crippen molar-refractivity contribution in [3.8, 4) is 0 Å². The molecule has 1 unspecified atom stereocenters. The van der Waals surface area contributed by atoms with E-state index in [-0.39, 0.29) is 5.16 Å². The van der Waals surface area contributed by atoms with Gasteiger partial charge < -0.3 is 4.98 Å². The summed E-state index contributed by atoms with van der Waals surface area (Å²) >= 11 is 0. The van der Waals surface area contributed by atoms with Crippen molar-refractivity contribution in [2.75, 3.05) is 0 Å². The van der Waals surface area contributed by atoms with Crippen LogP contribution in [0.25, 0.3) is 0 Å². The third kappa shape index (κ3) is 3.26. The van der Waals surface area contributed by atoms with Gasteiger partial charge in [-0.05, 0) is 25.0 Å². The van der Waals surface area contributed by atoms with Crippen LogP contribution in [0.5, 0.6) is 0 Å². The second-order valence-electron chi connectivity index (χ2n) is 5.87. The SMILES string of the molecule is Cc1[nH]c(S(=O)(=O)C(C)c2ccccc2)nc1Cc1ccccc1. The van der Waals surface area contributed by atoms with Crippen molar-refractivity contribution >= 4 is 9.84 Å². The lowest BCUT2D eigenvalue weighted by Gasteiger charge is -2.11. The normalized spacial score (nSPS) is 12.9. The second kappa shape index (κ2) is 6.61. The van der Waals surface area contributed by atoms with E-state index in [1.54, 1.807) is 6.92 Å². The van der Waals surface area contributed by atoms with Gasteiger partial charge in [0.2, 0.25) is 15.0 Å². The molecule has 1 atom stereocenters. The third-order valence-electron chi connectivity index (χ3n) is 4.18. The number of hydrogen-bond acceptors (Lipinski definition) is 3. The number of aromatic amines is 1. The van der Waals surface area contributed by atoms with Crippen molar-refractivity contribution in [3.63, 3.8) is 0 Å². The van der Waals surface area contributed by atoms with Crippen LogP contribution in [0, 0.1) is 6.92 Å². The highest BCUT2D eigenvalue weighted by Crippen LogP contribution is 2.27. The highest BCUT2D eigenvalue weighted by molar-refractivity contribution is 7.91. The van der Waals surface area contributed by atoms with Gasteiger partial charge in [-0.1, -0.05) is 60.7 Å². The summed E-state index contributed by atoms with van der Waals surface area (Å²) in [5.41, 5.74) is 3.42. The maximum absolute atomic E-state index is 12.9. The quantitative estimate of drug-likeness (QED) is 0.767. The Balaban J connectivity index is 1.91. The highest BCUT2D eigenvalue weighted by Gasteiger charge is 2.28. The lowest BCUT2D eigenvalue weighted by Crippen LogP contribution is -2.12. The lowest BCUT2D eigenvalue weighted by atomic mass is 10.1. The van der Waals surface area contributed by atoms with E-state index in [0.717, 1.165) is 22.5 Å². The molecule has 0 saturated carbocycles. The van der Waals surface area contributed by atoms with Crippen LogP contribution in [0.4, 0.5) is 0 Å². The van der Waals surface area contributed by atoms with E-state index < -0.39 is 15.1 Å². The number of hydrogen-bond donors (Lipinski definition) is 1. The van der Waals surface area contributed by atoms with Crippen LogP contribution >= 0.6 is 0 Å². The van der Waals surface area contributed by atoms with Crippen LogP contribution in [0.2, 0.25) is 0 Å². The summed E-state index contributed by atoms with van der Waals surface area (Å²) in [4.78, 5) is 7.34. The number of benzene rings is 2. The predicted molar refractivity (Wildman–Crippen MR) is 94.6 cm³/mol. The van der Waals surface area contributed by atoms with Crippen LogP contribution < -0.4 is 0 Å². The minimum atomic E-state index is -3.55. The van der Waals surface area contributed by atoms with Gasteiger partial charge in [-0.15, -0.1) is 0 Å². The molecule has 1 aromatic heterocycles. The molecule has 0 spiro atoms. The van der Waals surface area contributed by atoms with Crippen molar-refractivity contribution in [2.24, 2.45) is 0 Å². The Labute approximate surface area is 142 Å². The molecule has 0 saturated heterocycles. The van der Waals surface area contributed by atoms with Crippen LogP contribution in [-0.4, -0.2) is 18.4 Å². The molecule has 0 bridgehead atoms. The molecular formula is C19H20N2O2S. The molecule has 1 heterocycles. The largest absolute Gasteiger partial charge is 0.333 e. The Morgan fingerprint density at radius 3 is 2.21 bits per heavy atom. The molecule has 0 amide bonds. The molecule has 0 aliphatic rings. The first-order chi connectivity index (χ1) is 11.5. The zero-order valence-electron chi connectivity index (χ0n) is 13.7. The van der Waals surface area contributed by atoms with Crippen LogP contribution in [0.3, 0.4) is 0 Å². The summed E-state index contributed by atoms with van der Waals surface area (Å²) in [6.45, 7) is 3.55. The van der Waals surface area contributed by atoms with E-state index in [9.17, 15) is 8.42 Å². The summed E-state index contributed by atoms with van der Waals surface area (Å²) in [5.74, 6) is 0. The summed E-state index contributed by atoms with van der Waals surface area (Å²) in [6.07, 6.45) is 0.610. The standard InChI is InChI=1S/C19H20N2O2S/c1-14-18(13-16-9-5-3-6-10-16)21-19(20-14)24(22,23)15(2)17-11-7-4-8-12-17/h3-12,15H,13H2,1-2H3,(H,20,21). The van der Waals surface area contributed by atoms with Gasteiger partial charge in [-0.3, -0.25) is 0 Å². The minimum Gasteiger partial charge on any atom is -0.333 e.